The highest BCUT2D eigenvalue weighted by molar-refractivity contribution is 7.90. The van der Waals surface area contributed by atoms with Crippen molar-refractivity contribution in [3.8, 4) is 0 Å². The average molecular weight is 380 g/mol. The van der Waals surface area contributed by atoms with Crippen LogP contribution in [0.25, 0.3) is 0 Å². The molecule has 1 aliphatic rings. The number of sulfonamides is 2. The van der Waals surface area contributed by atoms with Crippen LogP contribution < -0.4 is 0 Å². The topological polar surface area (TPSA) is 74.8 Å². The Morgan fingerprint density at radius 3 is 2.00 bits per heavy atom. The minimum atomic E-state index is -3.74. The maximum absolute atomic E-state index is 12.8. The van der Waals surface area contributed by atoms with E-state index in [9.17, 15) is 16.8 Å². The van der Waals surface area contributed by atoms with E-state index in [1.807, 2.05) is 6.92 Å². The summed E-state index contributed by atoms with van der Waals surface area (Å²) in [5.74, 6) is 0. The standard InChI is InChI=1S/C17H20N2O4S2/c1-14-8-10-17(11-9-14)24(20,21)18-12-15(2)19(13-18)25(22,23)16-6-4-3-5-7-16/h3-11,15H,12-13H2,1-2H3/t15-/m0/s1. The van der Waals surface area contributed by atoms with E-state index < -0.39 is 26.1 Å². The lowest BCUT2D eigenvalue weighted by atomic mass is 10.2. The van der Waals surface area contributed by atoms with Crippen molar-refractivity contribution in [2.75, 3.05) is 13.2 Å². The summed E-state index contributed by atoms with van der Waals surface area (Å²) in [6.07, 6.45) is 0. The van der Waals surface area contributed by atoms with Gasteiger partial charge in [-0.25, -0.2) is 16.8 Å². The lowest BCUT2D eigenvalue weighted by Crippen LogP contribution is -2.36. The van der Waals surface area contributed by atoms with E-state index in [-0.39, 0.29) is 23.0 Å². The van der Waals surface area contributed by atoms with Gasteiger partial charge in [-0.05, 0) is 38.1 Å². The van der Waals surface area contributed by atoms with Gasteiger partial charge in [0, 0.05) is 12.6 Å². The summed E-state index contributed by atoms with van der Waals surface area (Å²) in [6, 6.07) is 14.2. The van der Waals surface area contributed by atoms with Gasteiger partial charge < -0.3 is 0 Å². The number of hydrogen-bond acceptors (Lipinski definition) is 4. The van der Waals surface area contributed by atoms with Crippen molar-refractivity contribution in [3.05, 3.63) is 60.2 Å². The minimum absolute atomic E-state index is 0.127. The first-order valence-corrected chi connectivity index (χ1v) is 10.7. The van der Waals surface area contributed by atoms with Crippen LogP contribution in [0.4, 0.5) is 0 Å². The van der Waals surface area contributed by atoms with Crippen LogP contribution in [0.15, 0.2) is 64.4 Å². The van der Waals surface area contributed by atoms with Crippen LogP contribution in [0.3, 0.4) is 0 Å². The zero-order chi connectivity index (χ0) is 18.2. The number of hydrogen-bond donors (Lipinski definition) is 0. The summed E-state index contributed by atoms with van der Waals surface area (Å²) in [4.78, 5) is 0.334. The van der Waals surface area contributed by atoms with Gasteiger partial charge in [0.25, 0.3) is 0 Å². The minimum Gasteiger partial charge on any atom is -0.207 e. The maximum atomic E-state index is 12.8. The Morgan fingerprint density at radius 1 is 0.840 bits per heavy atom. The van der Waals surface area contributed by atoms with Crippen molar-refractivity contribution in [2.45, 2.75) is 29.7 Å². The van der Waals surface area contributed by atoms with Gasteiger partial charge in [-0.2, -0.15) is 8.61 Å². The van der Waals surface area contributed by atoms with Gasteiger partial charge in [0.1, 0.15) is 0 Å². The van der Waals surface area contributed by atoms with Gasteiger partial charge in [0.05, 0.1) is 16.5 Å². The van der Waals surface area contributed by atoms with E-state index >= 15 is 0 Å². The van der Waals surface area contributed by atoms with Gasteiger partial charge in [-0.1, -0.05) is 35.9 Å². The molecule has 1 fully saturated rings. The van der Waals surface area contributed by atoms with E-state index in [0.717, 1.165) is 5.56 Å². The fourth-order valence-corrected chi connectivity index (χ4v) is 5.96. The lowest BCUT2D eigenvalue weighted by Gasteiger charge is -2.20. The molecule has 2 aromatic rings. The quantitative estimate of drug-likeness (QED) is 0.813. The Bertz CT molecular complexity index is 955. The van der Waals surface area contributed by atoms with Gasteiger partial charge >= 0.3 is 0 Å². The molecule has 0 unspecified atom stereocenters. The second-order valence-corrected chi connectivity index (χ2v) is 9.98. The van der Waals surface area contributed by atoms with Crippen LogP contribution in [-0.4, -0.2) is 44.7 Å². The molecule has 1 saturated heterocycles. The van der Waals surface area contributed by atoms with Crippen LogP contribution in [0, 0.1) is 6.92 Å². The third-order valence-electron chi connectivity index (χ3n) is 4.27. The molecule has 0 radical (unpaired) electrons. The van der Waals surface area contributed by atoms with E-state index in [0.29, 0.717) is 0 Å². The summed E-state index contributed by atoms with van der Waals surface area (Å²) in [7, 11) is -7.48. The van der Waals surface area contributed by atoms with Crippen molar-refractivity contribution in [1.82, 2.24) is 8.61 Å². The van der Waals surface area contributed by atoms with Gasteiger partial charge in [-0.3, -0.25) is 0 Å². The number of aryl methyl sites for hydroxylation is 1. The first-order chi connectivity index (χ1) is 11.7. The van der Waals surface area contributed by atoms with Crippen LogP contribution in [-0.2, 0) is 20.0 Å². The number of nitrogens with zero attached hydrogens (tertiary/aromatic N) is 2. The summed E-state index contributed by atoms with van der Waals surface area (Å²) in [5.41, 5.74) is 0.960. The molecule has 0 spiro atoms. The zero-order valence-electron chi connectivity index (χ0n) is 14.0. The molecule has 2 aromatic carbocycles. The Hall–Kier alpha value is -1.74. The van der Waals surface area contributed by atoms with Crippen LogP contribution >= 0.6 is 0 Å². The Labute approximate surface area is 148 Å². The second kappa shape index (κ2) is 6.53. The highest BCUT2D eigenvalue weighted by Gasteiger charge is 2.41. The monoisotopic (exact) mass is 380 g/mol. The van der Waals surface area contributed by atoms with E-state index in [1.54, 1.807) is 49.4 Å². The smallest absolute Gasteiger partial charge is 0.207 e. The second-order valence-electron chi connectivity index (χ2n) is 6.15. The highest BCUT2D eigenvalue weighted by Crippen LogP contribution is 2.27. The van der Waals surface area contributed by atoms with Crippen LogP contribution in [0.1, 0.15) is 12.5 Å². The fourth-order valence-electron chi connectivity index (χ4n) is 2.81. The maximum Gasteiger partial charge on any atom is 0.244 e. The van der Waals surface area contributed by atoms with Gasteiger partial charge in [0.15, 0.2) is 0 Å². The third-order valence-corrected chi connectivity index (χ3v) is 8.04. The number of rotatable bonds is 4. The molecular formula is C17H20N2O4S2. The van der Waals surface area contributed by atoms with Crippen molar-refractivity contribution in [2.24, 2.45) is 0 Å². The molecule has 6 nitrogen and oxygen atoms in total. The van der Waals surface area contributed by atoms with E-state index in [1.165, 1.54) is 20.7 Å². The van der Waals surface area contributed by atoms with Crippen LogP contribution in [0.2, 0.25) is 0 Å². The molecule has 0 N–H and O–H groups in total. The normalized spacial score (nSPS) is 20.0. The first-order valence-electron chi connectivity index (χ1n) is 7.86. The predicted molar refractivity (Wildman–Crippen MR) is 94.9 cm³/mol. The molecule has 3 rings (SSSR count). The molecular weight excluding hydrogens is 360 g/mol. The molecule has 25 heavy (non-hydrogen) atoms. The van der Waals surface area contributed by atoms with Gasteiger partial charge in [-0.15, -0.1) is 0 Å². The third kappa shape index (κ3) is 3.35. The average Bonchev–Trinajstić information content (AvgIpc) is 2.99. The van der Waals surface area contributed by atoms with Crippen LogP contribution in [0.5, 0.6) is 0 Å². The van der Waals surface area contributed by atoms with Gasteiger partial charge in [0.2, 0.25) is 20.0 Å². The summed E-state index contributed by atoms with van der Waals surface area (Å²) < 4.78 is 53.7. The van der Waals surface area contributed by atoms with Crippen molar-refractivity contribution in [1.29, 1.82) is 0 Å². The van der Waals surface area contributed by atoms with Crippen molar-refractivity contribution in [3.63, 3.8) is 0 Å². The van der Waals surface area contributed by atoms with Crippen molar-refractivity contribution >= 4 is 20.0 Å². The molecule has 8 heteroatoms. The molecule has 0 aromatic heterocycles. The molecule has 1 heterocycles. The highest BCUT2D eigenvalue weighted by atomic mass is 32.2. The Kier molecular flexibility index (Phi) is 4.72. The molecule has 1 atom stereocenters. The number of benzene rings is 2. The molecule has 0 bridgehead atoms. The predicted octanol–water partition coefficient (Wildman–Crippen LogP) is 2.04. The molecule has 0 saturated carbocycles. The largest absolute Gasteiger partial charge is 0.244 e. The molecule has 0 aliphatic carbocycles. The molecule has 1 aliphatic heterocycles. The van der Waals surface area contributed by atoms with E-state index in [2.05, 4.69) is 0 Å². The fraction of sp³-hybridized carbons (Fsp3) is 0.294. The Balaban J connectivity index is 1.90. The zero-order valence-corrected chi connectivity index (χ0v) is 15.7. The summed E-state index contributed by atoms with van der Waals surface area (Å²) in [5, 5.41) is 0. The Morgan fingerprint density at radius 2 is 1.40 bits per heavy atom. The molecule has 134 valence electrons. The SMILES string of the molecule is Cc1ccc(S(=O)(=O)N2C[C@H](C)N(S(=O)(=O)c3ccccc3)C2)cc1. The first kappa shape index (κ1) is 18.1. The molecule has 0 amide bonds. The van der Waals surface area contributed by atoms with E-state index in [4.69, 9.17) is 0 Å². The summed E-state index contributed by atoms with van der Waals surface area (Å²) >= 11 is 0. The van der Waals surface area contributed by atoms with Crippen molar-refractivity contribution < 1.29 is 16.8 Å². The summed E-state index contributed by atoms with van der Waals surface area (Å²) in [6.45, 7) is 3.53. The lowest BCUT2D eigenvalue weighted by molar-refractivity contribution is 0.390.